The number of benzene rings is 1. The van der Waals surface area contributed by atoms with Crippen molar-refractivity contribution in [3.8, 4) is 0 Å². The number of anilines is 1. The molecule has 1 aromatic carbocycles. The first-order valence-electron chi connectivity index (χ1n) is 5.59. The topological polar surface area (TPSA) is 70.7 Å². The van der Waals surface area contributed by atoms with Gasteiger partial charge >= 0.3 is 0 Å². The lowest BCUT2D eigenvalue weighted by molar-refractivity contribution is 0.102. The van der Waals surface area contributed by atoms with Crippen LogP contribution in [-0.4, -0.2) is 21.1 Å². The molecule has 1 amide bonds. The fourth-order valence-corrected chi connectivity index (χ4v) is 1.74. The minimum Gasteiger partial charge on any atom is -0.306 e. The number of aromatic amines is 1. The van der Waals surface area contributed by atoms with Crippen molar-refractivity contribution < 1.29 is 9.18 Å². The van der Waals surface area contributed by atoms with E-state index in [1.165, 1.54) is 18.2 Å². The van der Waals surface area contributed by atoms with Crippen LogP contribution in [0.1, 0.15) is 10.4 Å². The van der Waals surface area contributed by atoms with E-state index in [0.717, 1.165) is 10.9 Å². The van der Waals surface area contributed by atoms with Gasteiger partial charge in [-0.3, -0.25) is 9.89 Å². The van der Waals surface area contributed by atoms with E-state index in [9.17, 15) is 9.18 Å². The van der Waals surface area contributed by atoms with E-state index in [-0.39, 0.29) is 11.7 Å². The summed E-state index contributed by atoms with van der Waals surface area (Å²) in [4.78, 5) is 15.6. The van der Waals surface area contributed by atoms with Crippen LogP contribution in [0.3, 0.4) is 0 Å². The number of carbonyl (C=O) groups excluding carboxylic acids is 1. The molecule has 6 heteroatoms. The molecule has 0 aliphatic rings. The molecule has 94 valence electrons. The first kappa shape index (κ1) is 11.3. The first-order chi connectivity index (χ1) is 9.22. The molecular weight excluding hydrogens is 247 g/mol. The molecule has 2 heterocycles. The molecule has 0 unspecified atom stereocenters. The molecule has 5 nitrogen and oxygen atoms in total. The molecule has 0 radical (unpaired) electrons. The van der Waals surface area contributed by atoms with Gasteiger partial charge in [0.1, 0.15) is 5.82 Å². The van der Waals surface area contributed by atoms with Crippen LogP contribution >= 0.6 is 0 Å². The number of nitrogens with one attached hydrogen (secondary N) is 2. The monoisotopic (exact) mass is 256 g/mol. The zero-order chi connectivity index (χ0) is 13.2. The molecule has 0 aliphatic heterocycles. The number of fused-ring (bicyclic) bond motifs is 1. The Labute approximate surface area is 107 Å². The zero-order valence-electron chi connectivity index (χ0n) is 9.72. The van der Waals surface area contributed by atoms with Gasteiger partial charge in [0.2, 0.25) is 5.95 Å². The van der Waals surface area contributed by atoms with Crippen LogP contribution in [-0.2, 0) is 0 Å². The van der Waals surface area contributed by atoms with Crippen LogP contribution < -0.4 is 5.32 Å². The molecular formula is C13H9FN4O. The van der Waals surface area contributed by atoms with Crippen LogP contribution in [0.2, 0.25) is 0 Å². The molecule has 3 aromatic rings. The van der Waals surface area contributed by atoms with Crippen molar-refractivity contribution in [1.82, 2.24) is 15.2 Å². The Hall–Kier alpha value is -2.76. The molecule has 0 saturated carbocycles. The zero-order valence-corrected chi connectivity index (χ0v) is 9.72. The van der Waals surface area contributed by atoms with Crippen LogP contribution in [0, 0.1) is 5.95 Å². The number of hydrogen-bond acceptors (Lipinski definition) is 3. The lowest BCUT2D eigenvalue weighted by atomic mass is 10.1. The van der Waals surface area contributed by atoms with E-state index in [1.54, 1.807) is 24.4 Å². The fourth-order valence-electron chi connectivity index (χ4n) is 1.74. The molecule has 0 saturated heterocycles. The van der Waals surface area contributed by atoms with Gasteiger partial charge in [-0.1, -0.05) is 12.1 Å². The summed E-state index contributed by atoms with van der Waals surface area (Å²) < 4.78 is 12.9. The van der Waals surface area contributed by atoms with Crippen molar-refractivity contribution in [3.05, 3.63) is 54.1 Å². The smallest absolute Gasteiger partial charge is 0.256 e. The number of amides is 1. The average molecular weight is 256 g/mol. The van der Waals surface area contributed by atoms with Crippen molar-refractivity contribution in [2.24, 2.45) is 0 Å². The number of hydrogen-bond donors (Lipinski definition) is 2. The number of nitrogens with zero attached hydrogens (tertiary/aromatic N) is 2. The average Bonchev–Trinajstić information content (AvgIpc) is 2.85. The standard InChI is InChI=1S/C13H9FN4O/c14-11-2-1-3-12(16-11)17-13(19)8-4-5-9-7-15-18-10(9)6-8/h1-7H,(H,15,18)(H,16,17,19). The molecule has 19 heavy (non-hydrogen) atoms. The van der Waals surface area contributed by atoms with E-state index in [2.05, 4.69) is 20.5 Å². The van der Waals surface area contributed by atoms with Gasteiger partial charge in [0, 0.05) is 10.9 Å². The van der Waals surface area contributed by atoms with Crippen molar-refractivity contribution in [3.63, 3.8) is 0 Å². The van der Waals surface area contributed by atoms with E-state index >= 15 is 0 Å². The SMILES string of the molecule is O=C(Nc1cccc(F)n1)c1ccc2cn[nH]c2c1. The van der Waals surface area contributed by atoms with Gasteiger partial charge in [0.05, 0.1) is 11.7 Å². The van der Waals surface area contributed by atoms with Crippen LogP contribution in [0.15, 0.2) is 42.6 Å². The van der Waals surface area contributed by atoms with E-state index in [0.29, 0.717) is 5.56 Å². The maximum absolute atomic E-state index is 12.9. The minimum atomic E-state index is -0.637. The Morgan fingerprint density at radius 2 is 2.16 bits per heavy atom. The summed E-state index contributed by atoms with van der Waals surface area (Å²) in [5.41, 5.74) is 1.21. The Morgan fingerprint density at radius 1 is 1.26 bits per heavy atom. The summed E-state index contributed by atoms with van der Waals surface area (Å²) in [6, 6.07) is 9.36. The highest BCUT2D eigenvalue weighted by Crippen LogP contribution is 2.14. The van der Waals surface area contributed by atoms with Crippen molar-refractivity contribution in [2.75, 3.05) is 5.32 Å². The maximum Gasteiger partial charge on any atom is 0.256 e. The lowest BCUT2D eigenvalue weighted by Crippen LogP contribution is -2.13. The van der Waals surface area contributed by atoms with Crippen molar-refractivity contribution in [2.45, 2.75) is 0 Å². The molecule has 0 atom stereocenters. The Morgan fingerprint density at radius 3 is 3.00 bits per heavy atom. The molecule has 0 bridgehead atoms. The quantitative estimate of drug-likeness (QED) is 0.691. The summed E-state index contributed by atoms with van der Waals surface area (Å²) in [5.74, 6) is -0.814. The fraction of sp³-hybridized carbons (Fsp3) is 0. The second-order valence-electron chi connectivity index (χ2n) is 3.97. The summed E-state index contributed by atoms with van der Waals surface area (Å²) >= 11 is 0. The Balaban J connectivity index is 1.87. The highest BCUT2D eigenvalue weighted by molar-refractivity contribution is 6.05. The largest absolute Gasteiger partial charge is 0.306 e. The number of aromatic nitrogens is 3. The van der Waals surface area contributed by atoms with Gasteiger partial charge in [-0.05, 0) is 24.3 Å². The third-order valence-corrected chi connectivity index (χ3v) is 2.66. The predicted molar refractivity (Wildman–Crippen MR) is 68.2 cm³/mol. The number of carbonyl (C=O) groups is 1. The molecule has 3 rings (SSSR count). The molecule has 0 aliphatic carbocycles. The summed E-state index contributed by atoms with van der Waals surface area (Å²) in [7, 11) is 0. The van der Waals surface area contributed by atoms with E-state index < -0.39 is 5.95 Å². The molecule has 2 aromatic heterocycles. The molecule has 0 spiro atoms. The Kier molecular flexibility index (Phi) is 2.68. The lowest BCUT2D eigenvalue weighted by Gasteiger charge is -2.04. The van der Waals surface area contributed by atoms with Gasteiger partial charge in [0.25, 0.3) is 5.91 Å². The number of pyridine rings is 1. The van der Waals surface area contributed by atoms with E-state index in [4.69, 9.17) is 0 Å². The molecule has 0 fully saturated rings. The highest BCUT2D eigenvalue weighted by atomic mass is 19.1. The van der Waals surface area contributed by atoms with Crippen molar-refractivity contribution in [1.29, 1.82) is 0 Å². The summed E-state index contributed by atoms with van der Waals surface area (Å²) in [6.45, 7) is 0. The number of H-pyrrole nitrogens is 1. The third-order valence-electron chi connectivity index (χ3n) is 2.66. The number of halogens is 1. The van der Waals surface area contributed by atoms with Crippen LogP contribution in [0.5, 0.6) is 0 Å². The van der Waals surface area contributed by atoms with Crippen molar-refractivity contribution >= 4 is 22.6 Å². The normalized spacial score (nSPS) is 10.6. The summed E-state index contributed by atoms with van der Waals surface area (Å²) in [6.07, 6.45) is 1.67. The highest BCUT2D eigenvalue weighted by Gasteiger charge is 2.08. The Bertz CT molecular complexity index is 753. The first-order valence-corrected chi connectivity index (χ1v) is 5.59. The second kappa shape index (κ2) is 4.49. The number of rotatable bonds is 2. The van der Waals surface area contributed by atoms with Crippen LogP contribution in [0.25, 0.3) is 10.9 Å². The van der Waals surface area contributed by atoms with Gasteiger partial charge in [-0.15, -0.1) is 0 Å². The van der Waals surface area contributed by atoms with Crippen LogP contribution in [0.4, 0.5) is 10.2 Å². The second-order valence-corrected chi connectivity index (χ2v) is 3.97. The summed E-state index contributed by atoms with van der Waals surface area (Å²) in [5, 5.41) is 10.1. The van der Waals surface area contributed by atoms with E-state index in [1.807, 2.05) is 0 Å². The third kappa shape index (κ3) is 2.28. The van der Waals surface area contributed by atoms with Gasteiger partial charge in [0.15, 0.2) is 0 Å². The predicted octanol–water partition coefficient (Wildman–Crippen LogP) is 2.35. The van der Waals surface area contributed by atoms with Gasteiger partial charge in [-0.25, -0.2) is 4.98 Å². The maximum atomic E-state index is 12.9. The minimum absolute atomic E-state index is 0.176. The van der Waals surface area contributed by atoms with Gasteiger partial charge < -0.3 is 5.32 Å². The van der Waals surface area contributed by atoms with Gasteiger partial charge in [-0.2, -0.15) is 9.49 Å². The molecule has 2 N–H and O–H groups in total.